The van der Waals surface area contributed by atoms with E-state index >= 15 is 0 Å². The van der Waals surface area contributed by atoms with Crippen LogP contribution in [0.4, 0.5) is 11.4 Å². The van der Waals surface area contributed by atoms with Gasteiger partial charge in [0.25, 0.3) is 0 Å². The lowest BCUT2D eigenvalue weighted by Gasteiger charge is -2.26. The van der Waals surface area contributed by atoms with Crippen LogP contribution in [0, 0.1) is 0 Å². The van der Waals surface area contributed by atoms with Gasteiger partial charge in [-0.3, -0.25) is 9.59 Å². The standard InChI is InChI=1S/C22H26N2O4S2/c1-3-29-15-7-8-16(30-4-2)20-19(15)21(27)17-13(23-9-11-25)5-6-14(24-10-12-26)18(17)22(20)28/h5-8,23-26H,3-4,9-12H2,1-2H3. The normalized spacial score (nSPS) is 12.5. The summed E-state index contributed by atoms with van der Waals surface area (Å²) in [6.07, 6.45) is 0. The maximum Gasteiger partial charge on any atom is 0.197 e. The number of aliphatic hydroxyl groups is 2. The van der Waals surface area contributed by atoms with Crippen LogP contribution in [0.25, 0.3) is 0 Å². The van der Waals surface area contributed by atoms with Gasteiger partial charge in [0.05, 0.1) is 24.3 Å². The maximum atomic E-state index is 13.8. The minimum absolute atomic E-state index is 0.0910. The van der Waals surface area contributed by atoms with Crippen molar-refractivity contribution in [2.24, 2.45) is 0 Å². The summed E-state index contributed by atoms with van der Waals surface area (Å²) >= 11 is 3.10. The highest BCUT2D eigenvalue weighted by Crippen LogP contribution is 2.43. The van der Waals surface area contributed by atoms with Crippen LogP contribution in [0.3, 0.4) is 0 Å². The second kappa shape index (κ2) is 10.3. The number of rotatable bonds is 10. The third kappa shape index (κ3) is 4.23. The van der Waals surface area contributed by atoms with Gasteiger partial charge in [0.1, 0.15) is 0 Å². The number of fused-ring (bicyclic) bond motifs is 2. The Morgan fingerprint density at radius 3 is 1.43 bits per heavy atom. The Hall–Kier alpha value is -2.00. The Bertz CT molecular complexity index is 887. The molecule has 6 nitrogen and oxygen atoms in total. The number of ketones is 2. The van der Waals surface area contributed by atoms with Crippen molar-refractivity contribution in [3.8, 4) is 0 Å². The van der Waals surface area contributed by atoms with Crippen molar-refractivity contribution in [1.82, 2.24) is 0 Å². The molecule has 0 unspecified atom stereocenters. The van der Waals surface area contributed by atoms with Gasteiger partial charge in [-0.25, -0.2) is 0 Å². The van der Waals surface area contributed by atoms with Gasteiger partial charge >= 0.3 is 0 Å². The Balaban J connectivity index is 2.27. The highest BCUT2D eigenvalue weighted by molar-refractivity contribution is 7.99. The van der Waals surface area contributed by atoms with Crippen LogP contribution < -0.4 is 10.6 Å². The average molecular weight is 447 g/mol. The number of thioether (sulfide) groups is 2. The van der Waals surface area contributed by atoms with E-state index in [-0.39, 0.29) is 37.9 Å². The number of aliphatic hydroxyl groups excluding tert-OH is 2. The van der Waals surface area contributed by atoms with Gasteiger partial charge in [0, 0.05) is 45.4 Å². The van der Waals surface area contributed by atoms with Crippen LogP contribution in [0.15, 0.2) is 34.1 Å². The van der Waals surface area contributed by atoms with Gasteiger partial charge in [-0.15, -0.1) is 23.5 Å². The molecular formula is C22H26N2O4S2. The van der Waals surface area contributed by atoms with Crippen molar-refractivity contribution in [2.75, 3.05) is 48.4 Å². The van der Waals surface area contributed by atoms with Crippen molar-refractivity contribution in [1.29, 1.82) is 0 Å². The van der Waals surface area contributed by atoms with E-state index < -0.39 is 0 Å². The lowest BCUT2D eigenvalue weighted by Crippen LogP contribution is -2.26. The van der Waals surface area contributed by atoms with E-state index in [2.05, 4.69) is 10.6 Å². The summed E-state index contributed by atoms with van der Waals surface area (Å²) in [5.41, 5.74) is 2.62. The number of carbonyl (C=O) groups excluding carboxylic acids is 2. The van der Waals surface area contributed by atoms with Crippen molar-refractivity contribution >= 4 is 46.5 Å². The first-order valence-corrected chi connectivity index (χ1v) is 11.9. The van der Waals surface area contributed by atoms with E-state index in [0.717, 1.165) is 21.3 Å². The molecule has 2 aromatic carbocycles. The van der Waals surface area contributed by atoms with E-state index in [1.54, 1.807) is 35.7 Å². The molecule has 0 aliphatic heterocycles. The second-order valence-corrected chi connectivity index (χ2v) is 9.16. The molecule has 0 atom stereocenters. The van der Waals surface area contributed by atoms with Crippen molar-refractivity contribution in [3.05, 3.63) is 46.5 Å². The highest BCUT2D eigenvalue weighted by Gasteiger charge is 2.37. The smallest absolute Gasteiger partial charge is 0.197 e. The zero-order valence-corrected chi connectivity index (χ0v) is 18.7. The van der Waals surface area contributed by atoms with Gasteiger partial charge in [0.15, 0.2) is 11.6 Å². The highest BCUT2D eigenvalue weighted by atomic mass is 32.2. The molecule has 160 valence electrons. The molecule has 1 aliphatic rings. The minimum atomic E-state index is -0.192. The van der Waals surface area contributed by atoms with Gasteiger partial charge in [-0.2, -0.15) is 0 Å². The van der Waals surface area contributed by atoms with Crippen molar-refractivity contribution < 1.29 is 19.8 Å². The Morgan fingerprint density at radius 2 is 1.10 bits per heavy atom. The maximum absolute atomic E-state index is 13.8. The third-order valence-electron chi connectivity index (χ3n) is 4.70. The molecule has 30 heavy (non-hydrogen) atoms. The molecule has 2 aromatic rings. The van der Waals surface area contributed by atoms with Crippen LogP contribution in [0.5, 0.6) is 0 Å². The molecule has 0 bridgehead atoms. The van der Waals surface area contributed by atoms with Crippen LogP contribution >= 0.6 is 23.5 Å². The van der Waals surface area contributed by atoms with Crippen LogP contribution in [0.1, 0.15) is 45.7 Å². The number of carbonyl (C=O) groups is 2. The van der Waals surface area contributed by atoms with E-state index in [1.165, 1.54) is 0 Å². The minimum Gasteiger partial charge on any atom is -0.395 e. The number of anilines is 2. The number of hydrogen-bond acceptors (Lipinski definition) is 8. The van der Waals surface area contributed by atoms with Gasteiger partial charge in [0.2, 0.25) is 0 Å². The van der Waals surface area contributed by atoms with E-state index in [1.807, 2.05) is 26.0 Å². The Labute approximate surface area is 184 Å². The molecule has 3 rings (SSSR count). The van der Waals surface area contributed by atoms with Crippen molar-refractivity contribution in [2.45, 2.75) is 23.6 Å². The average Bonchev–Trinajstić information content (AvgIpc) is 2.75. The number of hydrogen-bond donors (Lipinski definition) is 4. The summed E-state index contributed by atoms with van der Waals surface area (Å²) in [5.74, 6) is 1.19. The van der Waals surface area contributed by atoms with E-state index in [4.69, 9.17) is 0 Å². The molecule has 0 saturated heterocycles. The van der Waals surface area contributed by atoms with E-state index in [0.29, 0.717) is 33.6 Å². The largest absolute Gasteiger partial charge is 0.395 e. The van der Waals surface area contributed by atoms with E-state index in [9.17, 15) is 19.8 Å². The second-order valence-electron chi connectivity index (χ2n) is 6.55. The molecule has 0 aromatic heterocycles. The molecule has 0 amide bonds. The number of nitrogens with one attached hydrogen (secondary N) is 2. The molecule has 0 heterocycles. The van der Waals surface area contributed by atoms with Crippen molar-refractivity contribution in [3.63, 3.8) is 0 Å². The quantitative estimate of drug-likeness (QED) is 0.351. The number of benzene rings is 2. The summed E-state index contributed by atoms with van der Waals surface area (Å²) in [6.45, 7) is 4.39. The molecule has 0 saturated carbocycles. The molecule has 4 N–H and O–H groups in total. The first-order chi connectivity index (χ1) is 14.6. The Kier molecular flexibility index (Phi) is 7.82. The summed E-state index contributed by atoms with van der Waals surface area (Å²) in [4.78, 5) is 29.1. The third-order valence-corrected chi connectivity index (χ3v) is 6.58. The molecule has 1 aliphatic carbocycles. The SMILES string of the molecule is CCSc1ccc(SCC)c2c1C(=O)c1c(NCCO)ccc(NCCO)c1C2=O. The topological polar surface area (TPSA) is 98.7 Å². The summed E-state index contributed by atoms with van der Waals surface area (Å²) in [5, 5.41) is 24.6. The zero-order chi connectivity index (χ0) is 21.7. The lowest BCUT2D eigenvalue weighted by atomic mass is 9.82. The summed E-state index contributed by atoms with van der Waals surface area (Å²) < 4.78 is 0. The molecule has 0 radical (unpaired) electrons. The first-order valence-electron chi connectivity index (χ1n) is 9.97. The molecule has 0 spiro atoms. The monoisotopic (exact) mass is 446 g/mol. The zero-order valence-electron chi connectivity index (χ0n) is 17.1. The fourth-order valence-corrected chi connectivity index (χ4v) is 5.20. The van der Waals surface area contributed by atoms with Gasteiger partial charge in [-0.1, -0.05) is 13.8 Å². The molecule has 8 heteroatoms. The fourth-order valence-electron chi connectivity index (χ4n) is 3.57. The van der Waals surface area contributed by atoms with Crippen LogP contribution in [0.2, 0.25) is 0 Å². The fraction of sp³-hybridized carbons (Fsp3) is 0.364. The Morgan fingerprint density at radius 1 is 0.700 bits per heavy atom. The molecular weight excluding hydrogens is 420 g/mol. The van der Waals surface area contributed by atoms with Gasteiger partial charge < -0.3 is 20.8 Å². The van der Waals surface area contributed by atoms with Crippen LogP contribution in [-0.2, 0) is 0 Å². The summed E-state index contributed by atoms with van der Waals surface area (Å²) in [7, 11) is 0. The van der Waals surface area contributed by atoms with Crippen LogP contribution in [-0.4, -0.2) is 59.6 Å². The lowest BCUT2D eigenvalue weighted by molar-refractivity contribution is 0.0975. The van der Waals surface area contributed by atoms with Gasteiger partial charge in [-0.05, 0) is 35.8 Å². The predicted molar refractivity (Wildman–Crippen MR) is 124 cm³/mol. The predicted octanol–water partition coefficient (Wildman–Crippen LogP) is 3.49. The molecule has 0 fully saturated rings. The summed E-state index contributed by atoms with van der Waals surface area (Å²) in [6, 6.07) is 7.33. The first kappa shape index (κ1) is 22.7.